The molecule has 2 aromatic rings. The van der Waals surface area contributed by atoms with Crippen molar-refractivity contribution in [1.82, 2.24) is 5.32 Å². The van der Waals surface area contributed by atoms with E-state index in [4.69, 9.17) is 5.73 Å². The minimum absolute atomic E-state index is 0.329. The average Bonchev–Trinajstić information content (AvgIpc) is 2.38. The van der Waals surface area contributed by atoms with Gasteiger partial charge in [0, 0.05) is 18.3 Å². The number of benzene rings is 2. The van der Waals surface area contributed by atoms with Crippen molar-refractivity contribution in [2.45, 2.75) is 19.5 Å². The third-order valence-electron chi connectivity index (χ3n) is 2.95. The first-order chi connectivity index (χ1) is 8.27. The molecule has 2 heteroatoms. The van der Waals surface area contributed by atoms with Gasteiger partial charge >= 0.3 is 0 Å². The molecule has 0 bridgehead atoms. The summed E-state index contributed by atoms with van der Waals surface area (Å²) >= 11 is 0. The first-order valence-electron chi connectivity index (χ1n) is 5.89. The van der Waals surface area contributed by atoms with E-state index in [9.17, 15) is 0 Å². The molecule has 0 aliphatic rings. The van der Waals surface area contributed by atoms with E-state index in [2.05, 4.69) is 42.6 Å². The molecular weight excluding hydrogens is 208 g/mol. The fraction of sp³-hybridized carbons (Fsp3) is 0.200. The maximum absolute atomic E-state index is 5.91. The molecule has 0 amide bonds. The van der Waals surface area contributed by atoms with Crippen molar-refractivity contribution in [3.05, 3.63) is 65.7 Å². The number of hydrogen-bond donors (Lipinski definition) is 2. The standard InChI is InChI=1S/C15H18N2/c1-12(13-7-3-2-4-8-13)17-11-14-9-5-6-10-15(14)16/h2-10,12,17H,11,16H2,1H3/t12-/m1/s1. The zero-order chi connectivity index (χ0) is 12.1. The fourth-order valence-corrected chi connectivity index (χ4v) is 1.82. The quantitative estimate of drug-likeness (QED) is 0.786. The molecule has 0 radical (unpaired) electrons. The summed E-state index contributed by atoms with van der Waals surface area (Å²) in [5.74, 6) is 0. The Morgan fingerprint density at radius 1 is 1.00 bits per heavy atom. The number of nitrogens with two attached hydrogens (primary N) is 1. The lowest BCUT2D eigenvalue weighted by molar-refractivity contribution is 0.575. The van der Waals surface area contributed by atoms with Crippen LogP contribution in [0.25, 0.3) is 0 Å². The van der Waals surface area contributed by atoms with Gasteiger partial charge in [-0.05, 0) is 24.1 Å². The molecule has 1 atom stereocenters. The van der Waals surface area contributed by atoms with Crippen molar-refractivity contribution >= 4 is 5.69 Å². The highest BCUT2D eigenvalue weighted by atomic mass is 14.9. The summed E-state index contributed by atoms with van der Waals surface area (Å²) < 4.78 is 0. The van der Waals surface area contributed by atoms with Crippen LogP contribution in [0.15, 0.2) is 54.6 Å². The lowest BCUT2D eigenvalue weighted by Gasteiger charge is -2.15. The third kappa shape index (κ3) is 3.08. The number of nitrogens with one attached hydrogen (secondary N) is 1. The monoisotopic (exact) mass is 226 g/mol. The van der Waals surface area contributed by atoms with Gasteiger partial charge < -0.3 is 11.1 Å². The normalized spacial score (nSPS) is 12.3. The van der Waals surface area contributed by atoms with E-state index in [-0.39, 0.29) is 0 Å². The van der Waals surface area contributed by atoms with Crippen LogP contribution in [0.3, 0.4) is 0 Å². The van der Waals surface area contributed by atoms with Crippen molar-refractivity contribution in [2.24, 2.45) is 0 Å². The Morgan fingerprint density at radius 3 is 2.35 bits per heavy atom. The van der Waals surface area contributed by atoms with Gasteiger partial charge in [-0.1, -0.05) is 48.5 Å². The van der Waals surface area contributed by atoms with E-state index in [0.29, 0.717) is 6.04 Å². The van der Waals surface area contributed by atoms with Crippen LogP contribution >= 0.6 is 0 Å². The topological polar surface area (TPSA) is 38.0 Å². The van der Waals surface area contributed by atoms with Crippen LogP contribution in [0.4, 0.5) is 5.69 Å². The Hall–Kier alpha value is -1.80. The summed E-state index contributed by atoms with van der Waals surface area (Å²) in [4.78, 5) is 0. The van der Waals surface area contributed by atoms with Gasteiger partial charge in [0.25, 0.3) is 0 Å². The Bertz CT molecular complexity index is 465. The minimum atomic E-state index is 0.329. The van der Waals surface area contributed by atoms with Gasteiger partial charge in [-0.2, -0.15) is 0 Å². The molecule has 0 saturated heterocycles. The first-order valence-corrected chi connectivity index (χ1v) is 5.89. The minimum Gasteiger partial charge on any atom is -0.398 e. The largest absolute Gasteiger partial charge is 0.398 e. The van der Waals surface area contributed by atoms with Crippen LogP contribution in [0.5, 0.6) is 0 Å². The van der Waals surface area contributed by atoms with Gasteiger partial charge in [0.2, 0.25) is 0 Å². The Kier molecular flexibility index (Phi) is 3.78. The number of anilines is 1. The summed E-state index contributed by atoms with van der Waals surface area (Å²) in [6, 6.07) is 18.7. The van der Waals surface area contributed by atoms with Crippen molar-refractivity contribution in [3.8, 4) is 0 Å². The highest BCUT2D eigenvalue weighted by molar-refractivity contribution is 5.46. The van der Waals surface area contributed by atoms with E-state index in [1.54, 1.807) is 0 Å². The van der Waals surface area contributed by atoms with Crippen molar-refractivity contribution in [3.63, 3.8) is 0 Å². The highest BCUT2D eigenvalue weighted by Crippen LogP contribution is 2.14. The number of hydrogen-bond acceptors (Lipinski definition) is 2. The van der Waals surface area contributed by atoms with Gasteiger partial charge in [0.05, 0.1) is 0 Å². The predicted octanol–water partition coefficient (Wildman–Crippen LogP) is 3.12. The Balaban J connectivity index is 1.97. The van der Waals surface area contributed by atoms with Crippen molar-refractivity contribution in [1.29, 1.82) is 0 Å². The van der Waals surface area contributed by atoms with E-state index >= 15 is 0 Å². The zero-order valence-electron chi connectivity index (χ0n) is 10.1. The van der Waals surface area contributed by atoms with Gasteiger partial charge in [0.15, 0.2) is 0 Å². The SMILES string of the molecule is C[C@@H](NCc1ccccc1N)c1ccccc1. The summed E-state index contributed by atoms with van der Waals surface area (Å²) in [6.45, 7) is 2.96. The lowest BCUT2D eigenvalue weighted by Crippen LogP contribution is -2.18. The molecule has 2 aromatic carbocycles. The molecule has 0 aliphatic carbocycles. The van der Waals surface area contributed by atoms with Gasteiger partial charge in [-0.25, -0.2) is 0 Å². The molecule has 3 N–H and O–H groups in total. The van der Waals surface area contributed by atoms with Crippen LogP contribution in [0, 0.1) is 0 Å². The van der Waals surface area contributed by atoms with Crippen molar-refractivity contribution < 1.29 is 0 Å². The van der Waals surface area contributed by atoms with E-state index in [1.165, 1.54) is 5.56 Å². The van der Waals surface area contributed by atoms with E-state index in [0.717, 1.165) is 17.8 Å². The Morgan fingerprint density at radius 2 is 1.65 bits per heavy atom. The Labute approximate surface area is 102 Å². The van der Waals surface area contributed by atoms with Gasteiger partial charge in [0.1, 0.15) is 0 Å². The summed E-state index contributed by atoms with van der Waals surface area (Å²) in [6.07, 6.45) is 0. The maximum atomic E-state index is 5.91. The van der Waals surface area contributed by atoms with E-state index in [1.807, 2.05) is 24.3 Å². The first kappa shape index (κ1) is 11.7. The lowest BCUT2D eigenvalue weighted by atomic mass is 10.1. The number of para-hydroxylation sites is 1. The van der Waals surface area contributed by atoms with Crippen LogP contribution in [-0.4, -0.2) is 0 Å². The van der Waals surface area contributed by atoms with Crippen LogP contribution in [-0.2, 0) is 6.54 Å². The molecule has 0 unspecified atom stereocenters. The molecular formula is C15H18N2. The van der Waals surface area contributed by atoms with Crippen LogP contribution < -0.4 is 11.1 Å². The molecule has 2 nitrogen and oxygen atoms in total. The molecule has 0 aromatic heterocycles. The highest BCUT2D eigenvalue weighted by Gasteiger charge is 2.04. The number of rotatable bonds is 4. The molecule has 2 rings (SSSR count). The second kappa shape index (κ2) is 5.51. The van der Waals surface area contributed by atoms with E-state index < -0.39 is 0 Å². The summed E-state index contributed by atoms with van der Waals surface area (Å²) in [5, 5.41) is 3.48. The summed E-state index contributed by atoms with van der Waals surface area (Å²) in [5.41, 5.74) is 9.19. The maximum Gasteiger partial charge on any atom is 0.0359 e. The van der Waals surface area contributed by atoms with Crippen molar-refractivity contribution in [2.75, 3.05) is 5.73 Å². The van der Waals surface area contributed by atoms with Crippen LogP contribution in [0.2, 0.25) is 0 Å². The van der Waals surface area contributed by atoms with Gasteiger partial charge in [-0.3, -0.25) is 0 Å². The third-order valence-corrected chi connectivity index (χ3v) is 2.95. The molecule has 17 heavy (non-hydrogen) atoms. The summed E-state index contributed by atoms with van der Waals surface area (Å²) in [7, 11) is 0. The smallest absolute Gasteiger partial charge is 0.0359 e. The second-order valence-electron chi connectivity index (χ2n) is 4.21. The van der Waals surface area contributed by atoms with Crippen LogP contribution in [0.1, 0.15) is 24.1 Å². The predicted molar refractivity (Wildman–Crippen MR) is 72.6 cm³/mol. The average molecular weight is 226 g/mol. The molecule has 0 heterocycles. The molecule has 0 aliphatic heterocycles. The molecule has 0 spiro atoms. The fourth-order valence-electron chi connectivity index (χ4n) is 1.82. The van der Waals surface area contributed by atoms with Gasteiger partial charge in [-0.15, -0.1) is 0 Å². The number of nitrogen functional groups attached to an aromatic ring is 1. The molecule has 0 fully saturated rings. The molecule has 0 saturated carbocycles. The second-order valence-corrected chi connectivity index (χ2v) is 4.21. The zero-order valence-corrected chi connectivity index (χ0v) is 10.1. The molecule has 88 valence electrons.